The molecule has 1 heterocycles. The number of benzodiazepines with no additional fused rings is 1. The van der Waals surface area contributed by atoms with Gasteiger partial charge in [0.15, 0.2) is 0 Å². The predicted molar refractivity (Wildman–Crippen MR) is 113 cm³/mol. The summed E-state index contributed by atoms with van der Waals surface area (Å²) in [7, 11) is 0. The highest BCUT2D eigenvalue weighted by Gasteiger charge is 2.30. The predicted octanol–water partition coefficient (Wildman–Crippen LogP) is 5.86. The first-order valence-electron chi connectivity index (χ1n) is 9.69. The highest BCUT2D eigenvalue weighted by Crippen LogP contribution is 2.28. The number of fused-ring (bicyclic) bond motifs is 1. The number of benzene rings is 2. The van der Waals surface area contributed by atoms with Crippen LogP contribution in [0.4, 0.5) is 5.69 Å². The Bertz CT molecular complexity index is 767. The van der Waals surface area contributed by atoms with Gasteiger partial charge in [-0.25, -0.2) is 0 Å². The lowest BCUT2D eigenvalue weighted by Gasteiger charge is -2.20. The number of hydrogen-bond donors (Lipinski definition) is 1. The van der Waals surface area contributed by atoms with Crippen LogP contribution >= 0.6 is 0 Å². The van der Waals surface area contributed by atoms with E-state index >= 15 is 0 Å². The first kappa shape index (κ1) is 19.9. The van der Waals surface area contributed by atoms with Crippen LogP contribution in [0.25, 0.3) is 0 Å². The van der Waals surface area contributed by atoms with E-state index in [9.17, 15) is 4.79 Å². The van der Waals surface area contributed by atoms with E-state index in [1.54, 1.807) is 0 Å². The highest BCUT2D eigenvalue weighted by molar-refractivity contribution is 6.19. The molecule has 0 radical (unpaired) electrons. The molecule has 2 aromatic carbocycles. The molecule has 1 aliphatic heterocycles. The number of hydrogen-bond acceptors (Lipinski definition) is 2. The number of nitrogens with one attached hydrogen (secondary N) is 1. The van der Waals surface area contributed by atoms with Crippen LogP contribution in [0.3, 0.4) is 0 Å². The Hall–Kier alpha value is -2.42. The molecule has 1 amide bonds. The monoisotopic (exact) mass is 352 g/mol. The standard InChI is InChI=1S/C21H24N2O.C2H6.H2/c1-4-15(5-2)20-21(24)22-18-12-11-14(3)13-17(18)19(23-20)16-9-7-6-8-10-16;1-2;/h6-13,15,20H,4-5H2,1-3H3,(H,22,24);1-2H3;1H/t20-;;/m0../s1. The Morgan fingerprint density at radius 2 is 1.73 bits per heavy atom. The number of aryl methyl sites for hydroxylation is 1. The Morgan fingerprint density at radius 1 is 1.08 bits per heavy atom. The Morgan fingerprint density at radius 3 is 2.35 bits per heavy atom. The van der Waals surface area contributed by atoms with E-state index < -0.39 is 0 Å². The maximum absolute atomic E-state index is 12.8. The summed E-state index contributed by atoms with van der Waals surface area (Å²) in [5.41, 5.74) is 4.97. The lowest BCUT2D eigenvalue weighted by atomic mass is 9.93. The largest absolute Gasteiger partial charge is 0.324 e. The second-order valence-electron chi connectivity index (χ2n) is 6.40. The molecule has 1 aliphatic rings. The fourth-order valence-corrected chi connectivity index (χ4v) is 3.32. The zero-order valence-electron chi connectivity index (χ0n) is 16.5. The van der Waals surface area contributed by atoms with Crippen molar-refractivity contribution < 1.29 is 6.22 Å². The average Bonchev–Trinajstić information content (AvgIpc) is 2.82. The van der Waals surface area contributed by atoms with Crippen molar-refractivity contribution in [3.8, 4) is 0 Å². The van der Waals surface area contributed by atoms with E-state index in [1.165, 1.54) is 0 Å². The van der Waals surface area contributed by atoms with Gasteiger partial charge in [-0.3, -0.25) is 9.79 Å². The average molecular weight is 353 g/mol. The summed E-state index contributed by atoms with van der Waals surface area (Å²) in [5.74, 6) is 0.249. The molecule has 3 nitrogen and oxygen atoms in total. The number of aliphatic imine (C=N–C) groups is 1. The summed E-state index contributed by atoms with van der Waals surface area (Å²) in [5, 5.41) is 3.10. The minimum atomic E-state index is -0.345. The van der Waals surface area contributed by atoms with Crippen molar-refractivity contribution in [1.29, 1.82) is 0 Å². The molecule has 3 heteroatoms. The fraction of sp³-hybridized carbons (Fsp3) is 0.391. The molecule has 0 bridgehead atoms. The maximum atomic E-state index is 12.8. The van der Waals surface area contributed by atoms with Crippen LogP contribution in [0.1, 0.15) is 58.7 Å². The third-order valence-corrected chi connectivity index (χ3v) is 4.77. The van der Waals surface area contributed by atoms with E-state index in [0.29, 0.717) is 0 Å². The molecule has 0 fully saturated rings. The molecule has 3 rings (SSSR count). The highest BCUT2D eigenvalue weighted by atomic mass is 16.2. The van der Waals surface area contributed by atoms with Gasteiger partial charge in [-0.15, -0.1) is 0 Å². The summed E-state index contributed by atoms with van der Waals surface area (Å²) in [6.45, 7) is 10.3. The van der Waals surface area contributed by atoms with E-state index in [4.69, 9.17) is 4.99 Å². The minimum absolute atomic E-state index is 0. The van der Waals surface area contributed by atoms with Crippen LogP contribution in [0.5, 0.6) is 0 Å². The maximum Gasteiger partial charge on any atom is 0.249 e. The van der Waals surface area contributed by atoms with Gasteiger partial charge >= 0.3 is 0 Å². The topological polar surface area (TPSA) is 41.5 Å². The number of rotatable bonds is 4. The SMILES string of the molecule is CC.CCC(CC)[C@@H]1N=C(c2ccccc2)c2cc(C)ccc2NC1=O.[HH]. The normalized spacial score (nSPS) is 16.0. The summed E-state index contributed by atoms with van der Waals surface area (Å²) in [6.07, 6.45) is 1.88. The summed E-state index contributed by atoms with van der Waals surface area (Å²) >= 11 is 0. The van der Waals surface area contributed by atoms with Crippen molar-refractivity contribution in [2.45, 2.75) is 53.5 Å². The Kier molecular flexibility index (Phi) is 7.14. The summed E-state index contributed by atoms with van der Waals surface area (Å²) in [6, 6.07) is 15.9. The molecule has 0 spiro atoms. The Labute approximate surface area is 159 Å². The van der Waals surface area contributed by atoms with Crippen molar-refractivity contribution in [2.24, 2.45) is 10.9 Å². The molecule has 0 aromatic heterocycles. The molecular formula is C23H32N2O. The number of amides is 1. The van der Waals surface area contributed by atoms with Gasteiger partial charge < -0.3 is 5.32 Å². The lowest BCUT2D eigenvalue weighted by Crippen LogP contribution is -2.32. The molecule has 26 heavy (non-hydrogen) atoms. The molecule has 1 atom stereocenters. The minimum Gasteiger partial charge on any atom is -0.324 e. The molecule has 0 saturated carbocycles. The van der Waals surface area contributed by atoms with Gasteiger partial charge in [0.05, 0.1) is 11.4 Å². The molecule has 0 saturated heterocycles. The van der Waals surface area contributed by atoms with E-state index in [1.807, 2.05) is 44.2 Å². The zero-order chi connectivity index (χ0) is 19.1. The number of carbonyl (C=O) groups excluding carboxylic acids is 1. The smallest absolute Gasteiger partial charge is 0.249 e. The third-order valence-electron chi connectivity index (χ3n) is 4.77. The lowest BCUT2D eigenvalue weighted by molar-refractivity contribution is -0.118. The van der Waals surface area contributed by atoms with Gasteiger partial charge in [0.1, 0.15) is 6.04 Å². The van der Waals surface area contributed by atoms with Crippen LogP contribution in [-0.4, -0.2) is 17.7 Å². The van der Waals surface area contributed by atoms with Gasteiger partial charge in [-0.1, -0.05) is 82.5 Å². The summed E-state index contributed by atoms with van der Waals surface area (Å²) in [4.78, 5) is 17.7. The van der Waals surface area contributed by atoms with Gasteiger partial charge in [0.2, 0.25) is 5.91 Å². The van der Waals surface area contributed by atoms with Crippen LogP contribution < -0.4 is 5.32 Å². The van der Waals surface area contributed by atoms with Gasteiger partial charge in [-0.2, -0.15) is 0 Å². The second kappa shape index (κ2) is 9.33. The molecule has 0 aliphatic carbocycles. The number of carbonyl (C=O) groups is 1. The fourth-order valence-electron chi connectivity index (χ4n) is 3.32. The summed E-state index contributed by atoms with van der Waals surface area (Å²) < 4.78 is 0. The van der Waals surface area contributed by atoms with Crippen LogP contribution in [-0.2, 0) is 4.79 Å². The van der Waals surface area contributed by atoms with Crippen molar-refractivity contribution in [3.63, 3.8) is 0 Å². The zero-order valence-corrected chi connectivity index (χ0v) is 16.5. The molecule has 0 unspecified atom stereocenters. The van der Waals surface area contributed by atoms with Crippen LogP contribution in [0, 0.1) is 12.8 Å². The first-order chi connectivity index (χ1) is 12.6. The molecule has 2 aromatic rings. The number of nitrogens with zero attached hydrogens (tertiary/aromatic N) is 1. The van der Waals surface area contributed by atoms with E-state index in [0.717, 1.165) is 40.9 Å². The van der Waals surface area contributed by atoms with Crippen molar-refractivity contribution in [3.05, 3.63) is 65.2 Å². The van der Waals surface area contributed by atoms with E-state index in [-0.39, 0.29) is 19.3 Å². The van der Waals surface area contributed by atoms with Gasteiger partial charge in [0, 0.05) is 12.6 Å². The van der Waals surface area contributed by atoms with E-state index in [2.05, 4.69) is 44.3 Å². The molecular weight excluding hydrogens is 320 g/mol. The second-order valence-corrected chi connectivity index (χ2v) is 6.40. The first-order valence-corrected chi connectivity index (χ1v) is 9.69. The van der Waals surface area contributed by atoms with Crippen LogP contribution in [0.2, 0.25) is 0 Å². The number of anilines is 1. The van der Waals surface area contributed by atoms with Crippen molar-refractivity contribution in [1.82, 2.24) is 0 Å². The van der Waals surface area contributed by atoms with Gasteiger partial charge in [0.25, 0.3) is 0 Å². The Balaban J connectivity index is 0.00000118. The van der Waals surface area contributed by atoms with Crippen LogP contribution in [0.15, 0.2) is 53.5 Å². The molecule has 140 valence electrons. The molecule has 1 N–H and O–H groups in total. The van der Waals surface area contributed by atoms with Gasteiger partial charge in [-0.05, 0) is 25.0 Å². The third kappa shape index (κ3) is 4.21. The van der Waals surface area contributed by atoms with Crippen molar-refractivity contribution >= 4 is 17.3 Å². The quantitative estimate of drug-likeness (QED) is 0.735. The van der Waals surface area contributed by atoms with Crippen molar-refractivity contribution in [2.75, 3.05) is 5.32 Å².